The maximum atomic E-state index is 5.86. The monoisotopic (exact) mass is 239 g/mol. The largest absolute Gasteiger partial charge is 0.396 e. The Bertz CT molecular complexity index is 343. The molecule has 0 radical (unpaired) electrons. The highest BCUT2D eigenvalue weighted by Gasteiger charge is 2.24. The van der Waals surface area contributed by atoms with Gasteiger partial charge in [-0.2, -0.15) is 5.10 Å². The quantitative estimate of drug-likeness (QED) is 0.863. The van der Waals surface area contributed by atoms with Crippen molar-refractivity contribution in [1.82, 2.24) is 9.78 Å². The molecule has 0 aromatic carbocycles. The third-order valence-electron chi connectivity index (χ3n) is 2.98. The molecule has 0 aliphatic carbocycles. The number of nitrogens with two attached hydrogens (primary N) is 1. The molecule has 0 spiro atoms. The van der Waals surface area contributed by atoms with Gasteiger partial charge in [0.05, 0.1) is 43.3 Å². The first kappa shape index (κ1) is 12.4. The van der Waals surface area contributed by atoms with Crippen LogP contribution in [0.25, 0.3) is 0 Å². The SMILES string of the molecule is CC1CC(OCCn2cc(N)cn2)CC(C)O1. The standard InChI is InChI=1S/C12H21N3O2/c1-9-5-12(6-10(2)17-9)16-4-3-15-8-11(13)7-14-15/h7-10,12H,3-6,13H2,1-2H3. The lowest BCUT2D eigenvalue weighted by Gasteiger charge is -2.31. The molecule has 1 aromatic heterocycles. The maximum Gasteiger partial charge on any atom is 0.0719 e. The fourth-order valence-electron chi connectivity index (χ4n) is 2.30. The Labute approximate surface area is 102 Å². The summed E-state index contributed by atoms with van der Waals surface area (Å²) in [4.78, 5) is 0. The smallest absolute Gasteiger partial charge is 0.0719 e. The van der Waals surface area contributed by atoms with E-state index in [1.54, 1.807) is 6.20 Å². The van der Waals surface area contributed by atoms with E-state index in [0.717, 1.165) is 19.4 Å². The number of nitrogens with zero attached hydrogens (tertiary/aromatic N) is 2. The number of nitrogen functional groups attached to an aromatic ring is 1. The lowest BCUT2D eigenvalue weighted by Crippen LogP contribution is -2.34. The predicted molar refractivity (Wildman–Crippen MR) is 65.6 cm³/mol. The third kappa shape index (κ3) is 3.71. The van der Waals surface area contributed by atoms with Gasteiger partial charge in [0, 0.05) is 6.20 Å². The van der Waals surface area contributed by atoms with Gasteiger partial charge < -0.3 is 15.2 Å². The maximum absolute atomic E-state index is 5.86. The molecule has 2 rings (SSSR count). The average Bonchev–Trinajstić information content (AvgIpc) is 2.63. The normalized spacial score (nSPS) is 29.4. The zero-order chi connectivity index (χ0) is 12.3. The van der Waals surface area contributed by atoms with Crippen molar-refractivity contribution >= 4 is 5.69 Å². The van der Waals surface area contributed by atoms with Crippen molar-refractivity contribution < 1.29 is 9.47 Å². The van der Waals surface area contributed by atoms with Crippen LogP contribution in [0.2, 0.25) is 0 Å². The molecule has 5 heteroatoms. The Hall–Kier alpha value is -1.07. The molecular weight excluding hydrogens is 218 g/mol. The molecule has 2 heterocycles. The molecule has 0 amide bonds. The molecule has 2 N–H and O–H groups in total. The number of hydrogen-bond donors (Lipinski definition) is 1. The van der Waals surface area contributed by atoms with E-state index in [2.05, 4.69) is 18.9 Å². The van der Waals surface area contributed by atoms with E-state index in [4.69, 9.17) is 15.2 Å². The highest BCUT2D eigenvalue weighted by Crippen LogP contribution is 2.21. The van der Waals surface area contributed by atoms with Crippen molar-refractivity contribution in [2.75, 3.05) is 12.3 Å². The van der Waals surface area contributed by atoms with Crippen LogP contribution in [-0.4, -0.2) is 34.7 Å². The number of rotatable bonds is 4. The second-order valence-electron chi connectivity index (χ2n) is 4.76. The van der Waals surface area contributed by atoms with Crippen LogP contribution >= 0.6 is 0 Å². The average molecular weight is 239 g/mol. The predicted octanol–water partition coefficient (Wildman–Crippen LogP) is 1.44. The third-order valence-corrected chi connectivity index (χ3v) is 2.98. The molecule has 1 aliphatic heterocycles. The van der Waals surface area contributed by atoms with Crippen LogP contribution in [-0.2, 0) is 16.0 Å². The summed E-state index contributed by atoms with van der Waals surface area (Å²) in [5, 5.41) is 4.12. The zero-order valence-corrected chi connectivity index (χ0v) is 10.5. The van der Waals surface area contributed by atoms with Gasteiger partial charge in [0.15, 0.2) is 0 Å². The molecular formula is C12H21N3O2. The second kappa shape index (κ2) is 5.51. The van der Waals surface area contributed by atoms with Gasteiger partial charge >= 0.3 is 0 Å². The first-order valence-electron chi connectivity index (χ1n) is 6.18. The van der Waals surface area contributed by atoms with Crippen LogP contribution in [0.5, 0.6) is 0 Å². The first-order chi connectivity index (χ1) is 8.13. The minimum absolute atomic E-state index is 0.295. The summed E-state index contributed by atoms with van der Waals surface area (Å²) >= 11 is 0. The summed E-state index contributed by atoms with van der Waals surface area (Å²) in [6.07, 6.45) is 6.32. The van der Waals surface area contributed by atoms with Gasteiger partial charge in [-0.1, -0.05) is 0 Å². The van der Waals surface area contributed by atoms with Crippen molar-refractivity contribution in [1.29, 1.82) is 0 Å². The van der Waals surface area contributed by atoms with Gasteiger partial charge in [-0.05, 0) is 26.7 Å². The van der Waals surface area contributed by atoms with E-state index < -0.39 is 0 Å². The molecule has 1 fully saturated rings. The molecule has 1 saturated heterocycles. The Morgan fingerprint density at radius 1 is 1.47 bits per heavy atom. The topological polar surface area (TPSA) is 62.3 Å². The van der Waals surface area contributed by atoms with Crippen molar-refractivity contribution in [2.24, 2.45) is 0 Å². The Balaban J connectivity index is 1.71. The highest BCUT2D eigenvalue weighted by molar-refractivity contribution is 5.30. The van der Waals surface area contributed by atoms with Gasteiger partial charge in [-0.15, -0.1) is 0 Å². The molecule has 1 aromatic rings. The van der Waals surface area contributed by atoms with Crippen LogP contribution in [0.4, 0.5) is 5.69 Å². The summed E-state index contributed by atoms with van der Waals surface area (Å²) < 4.78 is 13.3. The summed E-state index contributed by atoms with van der Waals surface area (Å²) in [6.45, 7) is 5.61. The molecule has 2 unspecified atom stereocenters. The number of ether oxygens (including phenoxy) is 2. The molecule has 0 bridgehead atoms. The Kier molecular flexibility index (Phi) is 4.02. The second-order valence-corrected chi connectivity index (χ2v) is 4.76. The number of aromatic nitrogens is 2. The van der Waals surface area contributed by atoms with Crippen LogP contribution in [0.15, 0.2) is 12.4 Å². The van der Waals surface area contributed by atoms with Crippen LogP contribution < -0.4 is 5.73 Å². The lowest BCUT2D eigenvalue weighted by atomic mass is 10.0. The van der Waals surface area contributed by atoms with E-state index >= 15 is 0 Å². The Morgan fingerprint density at radius 2 is 2.18 bits per heavy atom. The van der Waals surface area contributed by atoms with Gasteiger partial charge in [0.2, 0.25) is 0 Å². The summed E-state index contributed by atoms with van der Waals surface area (Å²) in [6, 6.07) is 0. The van der Waals surface area contributed by atoms with Gasteiger partial charge in [-0.25, -0.2) is 0 Å². The first-order valence-corrected chi connectivity index (χ1v) is 6.18. The van der Waals surface area contributed by atoms with E-state index in [-0.39, 0.29) is 0 Å². The molecule has 2 atom stereocenters. The van der Waals surface area contributed by atoms with Gasteiger partial charge in [-0.3, -0.25) is 4.68 Å². The van der Waals surface area contributed by atoms with Gasteiger partial charge in [0.25, 0.3) is 0 Å². The van der Waals surface area contributed by atoms with E-state index in [0.29, 0.717) is 30.6 Å². The minimum atomic E-state index is 0.295. The minimum Gasteiger partial charge on any atom is -0.396 e. The Morgan fingerprint density at radius 3 is 2.76 bits per heavy atom. The molecule has 17 heavy (non-hydrogen) atoms. The number of hydrogen-bond acceptors (Lipinski definition) is 4. The van der Waals surface area contributed by atoms with Crippen LogP contribution in [0, 0.1) is 0 Å². The van der Waals surface area contributed by atoms with Crippen molar-refractivity contribution in [3.05, 3.63) is 12.4 Å². The van der Waals surface area contributed by atoms with Gasteiger partial charge in [0.1, 0.15) is 0 Å². The van der Waals surface area contributed by atoms with E-state index in [1.807, 2.05) is 10.9 Å². The zero-order valence-electron chi connectivity index (χ0n) is 10.5. The molecule has 96 valence electrons. The summed E-state index contributed by atoms with van der Waals surface area (Å²) in [5.74, 6) is 0. The van der Waals surface area contributed by atoms with Crippen LogP contribution in [0.1, 0.15) is 26.7 Å². The van der Waals surface area contributed by atoms with E-state index in [9.17, 15) is 0 Å². The van der Waals surface area contributed by atoms with E-state index in [1.165, 1.54) is 0 Å². The molecule has 1 aliphatic rings. The summed E-state index contributed by atoms with van der Waals surface area (Å²) in [7, 11) is 0. The number of anilines is 1. The lowest BCUT2D eigenvalue weighted by molar-refractivity contribution is -0.103. The van der Waals surface area contributed by atoms with Crippen LogP contribution in [0.3, 0.4) is 0 Å². The van der Waals surface area contributed by atoms with Crippen molar-refractivity contribution in [3.8, 4) is 0 Å². The van der Waals surface area contributed by atoms with Crippen molar-refractivity contribution in [2.45, 2.75) is 51.5 Å². The fraction of sp³-hybridized carbons (Fsp3) is 0.750. The fourth-order valence-corrected chi connectivity index (χ4v) is 2.30. The highest BCUT2D eigenvalue weighted by atomic mass is 16.5. The molecule has 0 saturated carbocycles. The molecule has 5 nitrogen and oxygen atoms in total. The summed E-state index contributed by atoms with van der Waals surface area (Å²) in [5.41, 5.74) is 6.28. The van der Waals surface area contributed by atoms with Crippen molar-refractivity contribution in [3.63, 3.8) is 0 Å².